The van der Waals surface area contributed by atoms with Crippen LogP contribution in [0.4, 0.5) is 4.39 Å². The lowest BCUT2D eigenvalue weighted by molar-refractivity contribution is -0.124. The molecular weight excluding hydrogens is 373 g/mol. The summed E-state index contributed by atoms with van der Waals surface area (Å²) in [6, 6.07) is 15.6. The van der Waals surface area contributed by atoms with E-state index in [0.29, 0.717) is 35.6 Å². The van der Waals surface area contributed by atoms with Gasteiger partial charge in [0.25, 0.3) is 5.91 Å². The van der Waals surface area contributed by atoms with Crippen LogP contribution < -0.4 is 5.32 Å². The molecule has 0 aliphatic carbocycles. The van der Waals surface area contributed by atoms with Crippen molar-refractivity contribution in [2.75, 3.05) is 13.2 Å². The van der Waals surface area contributed by atoms with Gasteiger partial charge in [0.2, 0.25) is 0 Å². The van der Waals surface area contributed by atoms with Crippen molar-refractivity contribution in [2.24, 2.45) is 0 Å². The molecule has 0 radical (unpaired) electrons. The second-order valence-corrected chi connectivity index (χ2v) is 6.60. The average molecular weight is 395 g/mol. The summed E-state index contributed by atoms with van der Waals surface area (Å²) in [4.78, 5) is 24.4. The molecule has 2 aromatic carbocycles. The van der Waals surface area contributed by atoms with E-state index in [4.69, 9.17) is 4.74 Å². The summed E-state index contributed by atoms with van der Waals surface area (Å²) in [5.41, 5.74) is 3.07. The van der Waals surface area contributed by atoms with Gasteiger partial charge in [-0.15, -0.1) is 0 Å². The maximum absolute atomic E-state index is 13.1. The number of nitrogens with zero attached hydrogens (tertiary/aromatic N) is 2. The second kappa shape index (κ2) is 9.14. The zero-order valence-corrected chi connectivity index (χ0v) is 16.3. The Hall–Kier alpha value is -3.48. The molecule has 0 unspecified atom stereocenters. The fourth-order valence-corrected chi connectivity index (χ4v) is 3.02. The molecular formula is C22H22FN3O3. The minimum absolute atomic E-state index is 0.298. The first kappa shape index (κ1) is 20.3. The first-order valence-electron chi connectivity index (χ1n) is 9.25. The third-order valence-electron chi connectivity index (χ3n) is 4.48. The molecule has 0 aliphatic rings. The van der Waals surface area contributed by atoms with E-state index in [1.165, 1.54) is 12.1 Å². The fourth-order valence-electron chi connectivity index (χ4n) is 3.02. The fraction of sp³-hybridized carbons (Fsp3) is 0.227. The van der Waals surface area contributed by atoms with E-state index < -0.39 is 5.97 Å². The number of benzene rings is 2. The van der Waals surface area contributed by atoms with Gasteiger partial charge in [-0.25, -0.2) is 13.9 Å². The SMILES string of the molecule is Cc1nn(-c2ccc(F)cc2)c(C)c1C(=O)OCC(=O)NCCc1ccccc1. The number of halogens is 1. The summed E-state index contributed by atoms with van der Waals surface area (Å²) >= 11 is 0. The zero-order valence-electron chi connectivity index (χ0n) is 16.3. The Kier molecular flexibility index (Phi) is 6.39. The lowest BCUT2D eigenvalue weighted by Crippen LogP contribution is -2.30. The van der Waals surface area contributed by atoms with Gasteiger partial charge in [0.15, 0.2) is 6.61 Å². The number of amides is 1. The van der Waals surface area contributed by atoms with Crippen LogP contribution in [0.2, 0.25) is 0 Å². The maximum atomic E-state index is 13.1. The minimum atomic E-state index is -0.619. The summed E-state index contributed by atoms with van der Waals surface area (Å²) in [6.45, 7) is 3.50. The smallest absolute Gasteiger partial charge is 0.342 e. The lowest BCUT2D eigenvalue weighted by atomic mass is 10.1. The highest BCUT2D eigenvalue weighted by Gasteiger charge is 2.21. The molecule has 0 saturated heterocycles. The first-order chi connectivity index (χ1) is 14.0. The second-order valence-electron chi connectivity index (χ2n) is 6.60. The lowest BCUT2D eigenvalue weighted by Gasteiger charge is -2.08. The third kappa shape index (κ3) is 5.07. The largest absolute Gasteiger partial charge is 0.452 e. The standard InChI is InChI=1S/C22H22FN3O3/c1-15-21(16(2)26(25-15)19-10-8-18(23)9-11-19)22(28)29-14-20(27)24-13-12-17-6-4-3-5-7-17/h3-11H,12-14H2,1-2H3,(H,24,27). The number of aryl methyl sites for hydroxylation is 1. The van der Waals surface area contributed by atoms with Gasteiger partial charge in [-0.2, -0.15) is 5.10 Å². The summed E-state index contributed by atoms with van der Waals surface area (Å²) in [5, 5.41) is 7.07. The quantitative estimate of drug-likeness (QED) is 0.624. The summed E-state index contributed by atoms with van der Waals surface area (Å²) in [6.07, 6.45) is 0.698. The van der Waals surface area contributed by atoms with Crippen molar-refractivity contribution in [3.8, 4) is 5.69 Å². The highest BCUT2D eigenvalue weighted by Crippen LogP contribution is 2.19. The van der Waals surface area contributed by atoms with Crippen LogP contribution in [0.15, 0.2) is 54.6 Å². The van der Waals surface area contributed by atoms with E-state index in [9.17, 15) is 14.0 Å². The predicted octanol–water partition coefficient (Wildman–Crippen LogP) is 3.14. The number of rotatable bonds is 7. The van der Waals surface area contributed by atoms with Crippen LogP contribution in [-0.4, -0.2) is 34.8 Å². The third-order valence-corrected chi connectivity index (χ3v) is 4.48. The van der Waals surface area contributed by atoms with Crippen molar-refractivity contribution >= 4 is 11.9 Å². The van der Waals surface area contributed by atoms with E-state index >= 15 is 0 Å². The van der Waals surface area contributed by atoms with Crippen LogP contribution >= 0.6 is 0 Å². The Labute approximate surface area is 168 Å². The average Bonchev–Trinajstić information content (AvgIpc) is 3.02. The molecule has 0 aliphatic heterocycles. The van der Waals surface area contributed by atoms with E-state index in [0.717, 1.165) is 5.56 Å². The Morgan fingerprint density at radius 2 is 1.76 bits per heavy atom. The number of ether oxygens (including phenoxy) is 1. The minimum Gasteiger partial charge on any atom is -0.452 e. The Balaban J connectivity index is 1.56. The van der Waals surface area contributed by atoms with Crippen molar-refractivity contribution < 1.29 is 18.7 Å². The number of carbonyl (C=O) groups excluding carboxylic acids is 2. The molecule has 0 spiro atoms. The van der Waals surface area contributed by atoms with Gasteiger partial charge in [-0.1, -0.05) is 30.3 Å². The van der Waals surface area contributed by atoms with Gasteiger partial charge in [0.1, 0.15) is 11.4 Å². The van der Waals surface area contributed by atoms with Crippen LogP contribution in [0, 0.1) is 19.7 Å². The van der Waals surface area contributed by atoms with E-state index in [-0.39, 0.29) is 18.3 Å². The molecule has 7 heteroatoms. The number of hydrogen-bond donors (Lipinski definition) is 1. The zero-order chi connectivity index (χ0) is 20.8. The molecule has 29 heavy (non-hydrogen) atoms. The van der Waals surface area contributed by atoms with Crippen LogP contribution in [0.1, 0.15) is 27.3 Å². The van der Waals surface area contributed by atoms with Gasteiger partial charge in [-0.3, -0.25) is 4.79 Å². The molecule has 3 rings (SSSR count). The molecule has 0 bridgehead atoms. The molecule has 1 heterocycles. The van der Waals surface area contributed by atoms with Gasteiger partial charge in [0.05, 0.1) is 17.1 Å². The highest BCUT2D eigenvalue weighted by molar-refractivity contribution is 5.93. The number of aromatic nitrogens is 2. The molecule has 1 amide bonds. The van der Waals surface area contributed by atoms with Gasteiger partial charge in [-0.05, 0) is 50.1 Å². The Morgan fingerprint density at radius 3 is 2.45 bits per heavy atom. The molecule has 1 N–H and O–H groups in total. The van der Waals surface area contributed by atoms with Crippen molar-refractivity contribution in [1.82, 2.24) is 15.1 Å². The Bertz CT molecular complexity index is 998. The Morgan fingerprint density at radius 1 is 1.07 bits per heavy atom. The number of esters is 1. The monoisotopic (exact) mass is 395 g/mol. The van der Waals surface area contributed by atoms with Crippen molar-refractivity contribution in [1.29, 1.82) is 0 Å². The van der Waals surface area contributed by atoms with Crippen LogP contribution in [-0.2, 0) is 16.0 Å². The van der Waals surface area contributed by atoms with Gasteiger partial charge in [0, 0.05) is 6.54 Å². The molecule has 6 nitrogen and oxygen atoms in total. The molecule has 0 saturated carbocycles. The first-order valence-corrected chi connectivity index (χ1v) is 9.25. The highest BCUT2D eigenvalue weighted by atomic mass is 19.1. The van der Waals surface area contributed by atoms with E-state index in [2.05, 4.69) is 10.4 Å². The topological polar surface area (TPSA) is 73.2 Å². The maximum Gasteiger partial charge on any atom is 0.342 e. The van der Waals surface area contributed by atoms with Gasteiger partial charge >= 0.3 is 5.97 Å². The van der Waals surface area contributed by atoms with Crippen LogP contribution in [0.25, 0.3) is 5.69 Å². The van der Waals surface area contributed by atoms with Crippen molar-refractivity contribution in [3.05, 3.63) is 82.9 Å². The summed E-state index contributed by atoms with van der Waals surface area (Å²) in [5.74, 6) is -1.34. The van der Waals surface area contributed by atoms with Crippen molar-refractivity contribution in [2.45, 2.75) is 20.3 Å². The van der Waals surface area contributed by atoms with Crippen LogP contribution in [0.5, 0.6) is 0 Å². The predicted molar refractivity (Wildman–Crippen MR) is 106 cm³/mol. The summed E-state index contributed by atoms with van der Waals surface area (Å²) < 4.78 is 19.8. The van der Waals surface area contributed by atoms with Gasteiger partial charge < -0.3 is 10.1 Å². The van der Waals surface area contributed by atoms with Crippen molar-refractivity contribution in [3.63, 3.8) is 0 Å². The van der Waals surface area contributed by atoms with Crippen LogP contribution in [0.3, 0.4) is 0 Å². The molecule has 150 valence electrons. The number of carbonyl (C=O) groups is 2. The number of hydrogen-bond acceptors (Lipinski definition) is 4. The molecule has 0 atom stereocenters. The molecule has 0 fully saturated rings. The van der Waals surface area contributed by atoms with E-state index in [1.54, 1.807) is 30.7 Å². The normalized spacial score (nSPS) is 10.6. The summed E-state index contributed by atoms with van der Waals surface area (Å²) in [7, 11) is 0. The van der Waals surface area contributed by atoms with E-state index in [1.807, 2.05) is 30.3 Å². The molecule has 3 aromatic rings. The number of nitrogens with one attached hydrogen (secondary N) is 1. The molecule has 1 aromatic heterocycles.